The summed E-state index contributed by atoms with van der Waals surface area (Å²) < 4.78 is 1.08. The quantitative estimate of drug-likeness (QED) is 0.772. The average molecular weight is 357 g/mol. The predicted octanol–water partition coefficient (Wildman–Crippen LogP) is 5.53. The largest absolute Gasteiger partial charge is 0.313 e. The lowest BCUT2D eigenvalue weighted by Gasteiger charge is -2.16. The van der Waals surface area contributed by atoms with Crippen molar-refractivity contribution in [3.63, 3.8) is 0 Å². The van der Waals surface area contributed by atoms with Crippen LogP contribution in [-0.2, 0) is 0 Å². The van der Waals surface area contributed by atoms with Crippen LogP contribution in [0.4, 0.5) is 0 Å². The van der Waals surface area contributed by atoms with E-state index in [1.54, 1.807) is 11.8 Å². The predicted molar refractivity (Wildman–Crippen MR) is 87.2 cm³/mol. The molecule has 2 aromatic rings. The van der Waals surface area contributed by atoms with Gasteiger partial charge in [-0.1, -0.05) is 57.5 Å². The summed E-state index contributed by atoms with van der Waals surface area (Å²) in [6, 6.07) is 14.6. The van der Waals surface area contributed by atoms with E-state index in [9.17, 15) is 0 Å². The normalized spacial score (nSPS) is 12.4. The van der Waals surface area contributed by atoms with Crippen molar-refractivity contribution >= 4 is 39.3 Å². The Labute approximate surface area is 131 Å². The Hall–Kier alpha value is -0.480. The van der Waals surface area contributed by atoms with Crippen LogP contribution in [0.25, 0.3) is 0 Å². The van der Waals surface area contributed by atoms with Gasteiger partial charge in [0, 0.05) is 20.3 Å². The molecule has 0 aliphatic carbocycles. The van der Waals surface area contributed by atoms with Gasteiger partial charge in [0.1, 0.15) is 0 Å². The molecule has 0 aliphatic heterocycles. The molecule has 0 radical (unpaired) electrons. The van der Waals surface area contributed by atoms with Crippen LogP contribution in [0.2, 0.25) is 5.02 Å². The highest BCUT2D eigenvalue weighted by atomic mass is 79.9. The Balaban J connectivity index is 2.38. The second-order valence-electron chi connectivity index (χ2n) is 4.22. The van der Waals surface area contributed by atoms with Crippen LogP contribution in [-0.4, -0.2) is 7.05 Å². The molecule has 0 amide bonds. The van der Waals surface area contributed by atoms with Gasteiger partial charge in [-0.2, -0.15) is 0 Å². The van der Waals surface area contributed by atoms with Crippen molar-refractivity contribution in [2.75, 3.05) is 7.05 Å². The summed E-state index contributed by atoms with van der Waals surface area (Å²) in [4.78, 5) is 2.29. The van der Waals surface area contributed by atoms with E-state index in [-0.39, 0.29) is 0 Å². The zero-order valence-corrected chi connectivity index (χ0v) is 13.9. The maximum absolute atomic E-state index is 6.23. The van der Waals surface area contributed by atoms with Crippen molar-refractivity contribution in [2.45, 2.75) is 22.8 Å². The highest BCUT2D eigenvalue weighted by Crippen LogP contribution is 2.38. The minimum atomic E-state index is 0.304. The molecule has 0 fully saturated rings. The first kappa shape index (κ1) is 14.9. The molecule has 0 bridgehead atoms. The third-order valence-corrected chi connectivity index (χ3v) is 5.02. The maximum Gasteiger partial charge on any atom is 0.0545 e. The number of hydrogen-bond donors (Lipinski definition) is 1. The zero-order chi connectivity index (χ0) is 13.8. The molecular formula is C15H15BrClNS. The van der Waals surface area contributed by atoms with Gasteiger partial charge in [0.25, 0.3) is 0 Å². The number of hydrogen-bond acceptors (Lipinski definition) is 2. The van der Waals surface area contributed by atoms with E-state index in [4.69, 9.17) is 11.6 Å². The van der Waals surface area contributed by atoms with E-state index in [1.165, 1.54) is 10.5 Å². The van der Waals surface area contributed by atoms with E-state index in [0.717, 1.165) is 14.4 Å². The average Bonchev–Trinajstić information content (AvgIpc) is 2.41. The molecule has 1 nitrogen and oxygen atoms in total. The molecule has 2 aromatic carbocycles. The van der Waals surface area contributed by atoms with Crippen molar-refractivity contribution in [3.05, 3.63) is 57.5 Å². The van der Waals surface area contributed by atoms with E-state index in [1.807, 2.05) is 31.3 Å². The van der Waals surface area contributed by atoms with Gasteiger partial charge in [-0.25, -0.2) is 0 Å². The van der Waals surface area contributed by atoms with Crippen LogP contribution in [0.5, 0.6) is 0 Å². The van der Waals surface area contributed by atoms with Crippen molar-refractivity contribution in [3.8, 4) is 0 Å². The molecule has 1 N–H and O–H groups in total. The topological polar surface area (TPSA) is 12.0 Å². The van der Waals surface area contributed by atoms with Crippen molar-refractivity contribution < 1.29 is 0 Å². The lowest BCUT2D eigenvalue weighted by molar-refractivity contribution is 0.641. The molecule has 0 aromatic heterocycles. The second-order valence-corrected chi connectivity index (χ2v) is 6.63. The summed E-state index contributed by atoms with van der Waals surface area (Å²) >= 11 is 11.5. The van der Waals surface area contributed by atoms with Gasteiger partial charge < -0.3 is 5.32 Å². The summed E-state index contributed by atoms with van der Waals surface area (Å²) in [5, 5.41) is 4.07. The summed E-state index contributed by atoms with van der Waals surface area (Å²) in [6.07, 6.45) is 0. The van der Waals surface area contributed by atoms with E-state index < -0.39 is 0 Å². The molecule has 100 valence electrons. The van der Waals surface area contributed by atoms with Crippen molar-refractivity contribution in [2.24, 2.45) is 0 Å². The highest BCUT2D eigenvalue weighted by Gasteiger charge is 2.12. The lowest BCUT2D eigenvalue weighted by Crippen LogP contribution is -2.13. The fourth-order valence-corrected chi connectivity index (χ4v) is 3.62. The SMILES string of the molecule is CNC(C)c1ccc(Br)cc1Sc1ccccc1Cl. The summed E-state index contributed by atoms with van der Waals surface area (Å²) in [5.41, 5.74) is 1.27. The standard InChI is InChI=1S/C15H15BrClNS/c1-10(18-2)12-8-7-11(16)9-15(12)19-14-6-4-3-5-13(14)17/h3-10,18H,1-2H3. The monoisotopic (exact) mass is 355 g/mol. The minimum absolute atomic E-state index is 0.304. The van der Waals surface area contributed by atoms with Gasteiger partial charge in [-0.3, -0.25) is 0 Å². The number of rotatable bonds is 4. The van der Waals surface area contributed by atoms with Gasteiger partial charge in [-0.15, -0.1) is 0 Å². The Kier molecular flexibility index (Phi) is 5.34. The first-order valence-electron chi connectivity index (χ1n) is 6.01. The highest BCUT2D eigenvalue weighted by molar-refractivity contribution is 9.10. The number of nitrogens with one attached hydrogen (secondary N) is 1. The van der Waals surface area contributed by atoms with Gasteiger partial charge in [0.15, 0.2) is 0 Å². The molecule has 0 saturated heterocycles. The smallest absolute Gasteiger partial charge is 0.0545 e. The fraction of sp³-hybridized carbons (Fsp3) is 0.200. The number of halogens is 2. The van der Waals surface area contributed by atoms with Gasteiger partial charge in [0.05, 0.1) is 5.02 Å². The molecule has 0 aliphatic rings. The fourth-order valence-electron chi connectivity index (χ4n) is 1.76. The van der Waals surface area contributed by atoms with E-state index >= 15 is 0 Å². The van der Waals surface area contributed by atoms with E-state index in [2.05, 4.69) is 46.4 Å². The summed E-state index contributed by atoms with van der Waals surface area (Å²) in [5.74, 6) is 0. The Bertz CT molecular complexity index is 574. The third kappa shape index (κ3) is 3.76. The summed E-state index contributed by atoms with van der Waals surface area (Å²) in [6.45, 7) is 2.15. The molecule has 19 heavy (non-hydrogen) atoms. The lowest BCUT2D eigenvalue weighted by atomic mass is 10.1. The van der Waals surface area contributed by atoms with Crippen molar-refractivity contribution in [1.82, 2.24) is 5.32 Å². The Morgan fingerprint density at radius 2 is 1.89 bits per heavy atom. The molecule has 0 heterocycles. The van der Waals surface area contributed by atoms with Gasteiger partial charge in [-0.05, 0) is 43.8 Å². The van der Waals surface area contributed by atoms with Crippen LogP contribution in [0.3, 0.4) is 0 Å². The van der Waals surface area contributed by atoms with E-state index in [0.29, 0.717) is 6.04 Å². The first-order valence-corrected chi connectivity index (χ1v) is 7.99. The second kappa shape index (κ2) is 6.80. The summed E-state index contributed by atoms with van der Waals surface area (Å²) in [7, 11) is 1.97. The molecule has 2 rings (SSSR count). The first-order chi connectivity index (χ1) is 9.11. The zero-order valence-electron chi connectivity index (χ0n) is 10.8. The third-order valence-electron chi connectivity index (χ3n) is 2.93. The van der Waals surface area contributed by atoms with Gasteiger partial charge >= 0.3 is 0 Å². The van der Waals surface area contributed by atoms with Crippen molar-refractivity contribution in [1.29, 1.82) is 0 Å². The molecule has 0 spiro atoms. The Morgan fingerprint density at radius 1 is 1.16 bits per heavy atom. The minimum Gasteiger partial charge on any atom is -0.313 e. The van der Waals surface area contributed by atoms with Crippen LogP contribution in [0.15, 0.2) is 56.7 Å². The van der Waals surface area contributed by atoms with Crippen LogP contribution >= 0.6 is 39.3 Å². The maximum atomic E-state index is 6.23. The molecular weight excluding hydrogens is 342 g/mol. The van der Waals surface area contributed by atoms with Crippen LogP contribution in [0, 0.1) is 0 Å². The number of benzene rings is 2. The molecule has 1 unspecified atom stereocenters. The molecule has 1 atom stereocenters. The molecule has 0 saturated carbocycles. The molecule has 4 heteroatoms. The van der Waals surface area contributed by atoms with Gasteiger partial charge in [0.2, 0.25) is 0 Å². The van der Waals surface area contributed by atoms with Crippen LogP contribution in [0.1, 0.15) is 18.5 Å². The Morgan fingerprint density at radius 3 is 2.58 bits per heavy atom. The van der Waals surface area contributed by atoms with Crippen LogP contribution < -0.4 is 5.32 Å².